The summed E-state index contributed by atoms with van der Waals surface area (Å²) < 4.78 is 53.4. The van der Waals surface area contributed by atoms with Gasteiger partial charge in [0.05, 0.1) is 16.1 Å². The van der Waals surface area contributed by atoms with E-state index >= 15 is 0 Å². The molecule has 1 aromatic carbocycles. The smallest absolute Gasteiger partial charge is 0.352 e. The number of benzene rings is 1. The van der Waals surface area contributed by atoms with Crippen LogP contribution >= 0.6 is 11.6 Å². The minimum atomic E-state index is -4.41. The van der Waals surface area contributed by atoms with Crippen molar-refractivity contribution >= 4 is 28.4 Å². The minimum absolute atomic E-state index is 0.117. The molecule has 1 aliphatic rings. The highest BCUT2D eigenvalue weighted by Crippen LogP contribution is 2.35. The van der Waals surface area contributed by atoms with Gasteiger partial charge in [0.25, 0.3) is 5.91 Å². The van der Waals surface area contributed by atoms with Crippen LogP contribution in [-0.4, -0.2) is 28.9 Å². The van der Waals surface area contributed by atoms with E-state index in [1.807, 2.05) is 0 Å². The molecule has 1 heterocycles. The molecule has 1 fully saturated rings. The van der Waals surface area contributed by atoms with E-state index in [4.69, 9.17) is 11.6 Å². The van der Waals surface area contributed by atoms with Gasteiger partial charge in [0, 0.05) is 18.1 Å². The van der Waals surface area contributed by atoms with Crippen LogP contribution in [-0.2, 0) is 6.54 Å². The predicted octanol–water partition coefficient (Wildman–Crippen LogP) is 5.51. The van der Waals surface area contributed by atoms with Crippen molar-refractivity contribution in [3.8, 4) is 0 Å². The highest BCUT2D eigenvalue weighted by Gasteiger charge is 2.32. The van der Waals surface area contributed by atoms with Gasteiger partial charge in [0.2, 0.25) is 0 Å². The van der Waals surface area contributed by atoms with Gasteiger partial charge < -0.3 is 9.88 Å². The van der Waals surface area contributed by atoms with Crippen molar-refractivity contribution in [2.24, 2.45) is 5.92 Å². The number of carbonyl (C=O) groups excluding carboxylic acids is 1. The second kappa shape index (κ2) is 7.34. The zero-order chi connectivity index (χ0) is 19.8. The van der Waals surface area contributed by atoms with E-state index in [9.17, 15) is 22.4 Å². The van der Waals surface area contributed by atoms with Crippen molar-refractivity contribution in [1.29, 1.82) is 0 Å². The topological polar surface area (TPSA) is 34.0 Å². The molecule has 1 saturated carbocycles. The summed E-state index contributed by atoms with van der Waals surface area (Å²) in [5.41, 5.74) is -0.777. The molecule has 1 aromatic heterocycles. The van der Waals surface area contributed by atoms with E-state index in [0.29, 0.717) is 37.6 Å². The summed E-state index contributed by atoms with van der Waals surface area (Å²) in [6, 6.07) is 4.60. The maximum atomic E-state index is 13.9. The standard InChI is InChI=1S/C19H21ClF4N2O/c1-18(21)7-5-12(6-8-18)9-25-17(27)13-10-26(11-19(22,23)24)15-4-2-3-14(20)16(13)15/h2-4,10,12H,5-9,11H2,1H3,(H,25,27). The molecule has 1 amide bonds. The lowest BCUT2D eigenvalue weighted by molar-refractivity contribution is -0.139. The molecule has 3 rings (SSSR count). The van der Waals surface area contributed by atoms with Crippen molar-refractivity contribution in [2.45, 2.75) is 51.0 Å². The summed E-state index contributed by atoms with van der Waals surface area (Å²) >= 11 is 6.15. The molecule has 1 aliphatic carbocycles. The van der Waals surface area contributed by atoms with Crippen LogP contribution in [0.4, 0.5) is 17.6 Å². The monoisotopic (exact) mass is 404 g/mol. The number of aromatic nitrogens is 1. The summed E-state index contributed by atoms with van der Waals surface area (Å²) in [5.74, 6) is -0.306. The van der Waals surface area contributed by atoms with Gasteiger partial charge in [-0.25, -0.2) is 4.39 Å². The third kappa shape index (κ3) is 4.75. The van der Waals surface area contributed by atoms with Crippen molar-refractivity contribution in [3.05, 3.63) is 35.0 Å². The van der Waals surface area contributed by atoms with E-state index in [-0.39, 0.29) is 22.0 Å². The summed E-state index contributed by atoms with van der Waals surface area (Å²) in [4.78, 5) is 12.6. The van der Waals surface area contributed by atoms with Gasteiger partial charge in [-0.3, -0.25) is 4.79 Å². The van der Waals surface area contributed by atoms with Gasteiger partial charge in [-0.15, -0.1) is 0 Å². The number of halogens is 5. The van der Waals surface area contributed by atoms with Gasteiger partial charge in [0.1, 0.15) is 12.2 Å². The summed E-state index contributed by atoms with van der Waals surface area (Å²) in [6.07, 6.45) is -0.982. The molecule has 0 unspecified atom stereocenters. The summed E-state index contributed by atoms with van der Waals surface area (Å²) in [5, 5.41) is 3.31. The zero-order valence-corrected chi connectivity index (χ0v) is 15.6. The number of carbonyl (C=O) groups is 1. The van der Waals surface area contributed by atoms with Gasteiger partial charge in [0.15, 0.2) is 0 Å². The highest BCUT2D eigenvalue weighted by atomic mass is 35.5. The van der Waals surface area contributed by atoms with Gasteiger partial charge in [-0.1, -0.05) is 17.7 Å². The van der Waals surface area contributed by atoms with Crippen LogP contribution < -0.4 is 5.32 Å². The van der Waals surface area contributed by atoms with Gasteiger partial charge in [-0.05, 0) is 50.7 Å². The average molecular weight is 405 g/mol. The number of nitrogens with one attached hydrogen (secondary N) is 1. The summed E-state index contributed by atoms with van der Waals surface area (Å²) in [7, 11) is 0. The first-order valence-electron chi connectivity index (χ1n) is 8.87. The van der Waals surface area contributed by atoms with E-state index in [1.54, 1.807) is 19.1 Å². The molecule has 1 N–H and O–H groups in total. The lowest BCUT2D eigenvalue weighted by Gasteiger charge is -2.31. The Morgan fingerprint density at radius 2 is 2.00 bits per heavy atom. The van der Waals surface area contributed by atoms with E-state index in [0.717, 1.165) is 4.57 Å². The largest absolute Gasteiger partial charge is 0.406 e. The lowest BCUT2D eigenvalue weighted by atomic mass is 9.81. The third-order valence-electron chi connectivity index (χ3n) is 5.15. The molecule has 148 valence electrons. The molecule has 2 aromatic rings. The molecule has 3 nitrogen and oxygen atoms in total. The molecular weight excluding hydrogens is 384 g/mol. The van der Waals surface area contributed by atoms with Crippen LogP contribution in [0, 0.1) is 5.92 Å². The Kier molecular flexibility index (Phi) is 5.43. The predicted molar refractivity (Wildman–Crippen MR) is 96.8 cm³/mol. The summed E-state index contributed by atoms with van der Waals surface area (Å²) in [6.45, 7) is 0.749. The van der Waals surface area contributed by atoms with Gasteiger partial charge in [-0.2, -0.15) is 13.2 Å². The van der Waals surface area contributed by atoms with Crippen LogP contribution in [0.25, 0.3) is 10.9 Å². The molecule has 0 spiro atoms. The van der Waals surface area contributed by atoms with Gasteiger partial charge >= 0.3 is 6.18 Å². The first-order valence-corrected chi connectivity index (χ1v) is 9.25. The number of hydrogen-bond donors (Lipinski definition) is 1. The van der Waals surface area contributed by atoms with Crippen molar-refractivity contribution in [3.63, 3.8) is 0 Å². The Morgan fingerprint density at radius 1 is 1.33 bits per heavy atom. The Labute approximate surface area is 159 Å². The molecule has 8 heteroatoms. The lowest BCUT2D eigenvalue weighted by Crippen LogP contribution is -2.34. The Hall–Kier alpha value is -1.76. The molecule has 0 radical (unpaired) electrons. The van der Waals surface area contributed by atoms with Crippen LogP contribution in [0.1, 0.15) is 43.0 Å². The number of alkyl halides is 4. The normalized spacial score (nSPS) is 23.6. The third-order valence-corrected chi connectivity index (χ3v) is 5.46. The molecular formula is C19H21ClF4N2O. The number of hydrogen-bond acceptors (Lipinski definition) is 1. The molecule has 0 atom stereocenters. The first kappa shape index (κ1) is 20.0. The minimum Gasteiger partial charge on any atom is -0.352 e. The van der Waals surface area contributed by atoms with Crippen LogP contribution in [0.2, 0.25) is 5.02 Å². The Bertz CT molecular complexity index is 834. The number of rotatable bonds is 4. The van der Waals surface area contributed by atoms with Crippen LogP contribution in [0.3, 0.4) is 0 Å². The maximum Gasteiger partial charge on any atom is 0.406 e. The SMILES string of the molecule is CC1(F)CCC(CNC(=O)c2cn(CC(F)(F)F)c3cccc(Cl)c23)CC1. The molecule has 27 heavy (non-hydrogen) atoms. The quantitative estimate of drug-likeness (QED) is 0.670. The van der Waals surface area contributed by atoms with Crippen molar-refractivity contribution in [2.75, 3.05) is 6.54 Å². The van der Waals surface area contributed by atoms with E-state index < -0.39 is 24.3 Å². The fourth-order valence-corrected chi connectivity index (χ4v) is 3.89. The fraction of sp³-hybridized carbons (Fsp3) is 0.526. The van der Waals surface area contributed by atoms with Crippen molar-refractivity contribution < 1.29 is 22.4 Å². The second-order valence-corrected chi connectivity index (χ2v) is 7.89. The maximum absolute atomic E-state index is 13.9. The number of nitrogens with zero attached hydrogens (tertiary/aromatic N) is 1. The second-order valence-electron chi connectivity index (χ2n) is 7.49. The Morgan fingerprint density at radius 3 is 2.63 bits per heavy atom. The average Bonchev–Trinajstić information content (AvgIpc) is 2.92. The highest BCUT2D eigenvalue weighted by molar-refractivity contribution is 6.36. The Balaban J connectivity index is 1.78. The van der Waals surface area contributed by atoms with Crippen LogP contribution in [0.5, 0.6) is 0 Å². The molecule has 0 saturated heterocycles. The molecule has 0 bridgehead atoms. The number of amides is 1. The van der Waals surface area contributed by atoms with E-state index in [2.05, 4.69) is 5.32 Å². The zero-order valence-electron chi connectivity index (χ0n) is 14.9. The fourth-order valence-electron chi connectivity index (χ4n) is 3.62. The van der Waals surface area contributed by atoms with E-state index in [1.165, 1.54) is 12.3 Å². The van der Waals surface area contributed by atoms with Crippen molar-refractivity contribution in [1.82, 2.24) is 9.88 Å². The van der Waals surface area contributed by atoms with Crippen LogP contribution in [0.15, 0.2) is 24.4 Å². The first-order chi connectivity index (χ1) is 12.6. The number of fused-ring (bicyclic) bond motifs is 1. The molecule has 0 aliphatic heterocycles.